The van der Waals surface area contributed by atoms with Gasteiger partial charge in [0.25, 0.3) is 0 Å². The molecule has 0 heterocycles. The van der Waals surface area contributed by atoms with Crippen molar-refractivity contribution in [3.05, 3.63) is 60.2 Å². The summed E-state index contributed by atoms with van der Waals surface area (Å²) in [6.45, 7) is 3.17. The number of hydrogen-bond donors (Lipinski definition) is 2. The monoisotopic (exact) mass is 283 g/mol. The molecule has 0 radical (unpaired) electrons. The Balaban J connectivity index is 2.12. The molecule has 2 amide bonds. The molecule has 110 valence electrons. The number of benzene rings is 2. The van der Waals surface area contributed by atoms with Gasteiger partial charge in [-0.3, -0.25) is 4.90 Å². The lowest BCUT2D eigenvalue weighted by Gasteiger charge is -2.23. The number of urea groups is 1. The predicted octanol–water partition coefficient (Wildman–Crippen LogP) is 3.38. The third kappa shape index (κ3) is 4.33. The Hall–Kier alpha value is -2.33. The van der Waals surface area contributed by atoms with E-state index in [0.717, 1.165) is 23.4 Å². The van der Waals surface area contributed by atoms with Crippen LogP contribution in [0.3, 0.4) is 0 Å². The fourth-order valence-electron chi connectivity index (χ4n) is 2.03. The number of nitrogens with one attached hydrogen (secondary N) is 1. The second kappa shape index (κ2) is 7.45. The Morgan fingerprint density at radius 1 is 1.10 bits per heavy atom. The molecule has 21 heavy (non-hydrogen) atoms. The fraction of sp³-hybridized carbons (Fsp3) is 0.235. The number of hydrogen-bond acceptors (Lipinski definition) is 2. The number of anilines is 2. The van der Waals surface area contributed by atoms with Crippen molar-refractivity contribution in [2.24, 2.45) is 5.73 Å². The molecule has 3 N–H and O–H groups in total. The molecule has 0 aliphatic rings. The molecule has 0 aromatic heterocycles. The summed E-state index contributed by atoms with van der Waals surface area (Å²) in [6.07, 6.45) is 0.760. The van der Waals surface area contributed by atoms with Crippen LogP contribution in [0.5, 0.6) is 0 Å². The SMILES string of the molecule is Cc1ccc(NC(=O)N(CCCN)c2ccccc2)cc1. The Kier molecular flexibility index (Phi) is 5.35. The van der Waals surface area contributed by atoms with Crippen molar-refractivity contribution in [3.63, 3.8) is 0 Å². The van der Waals surface area contributed by atoms with Gasteiger partial charge in [0, 0.05) is 17.9 Å². The highest BCUT2D eigenvalue weighted by molar-refractivity contribution is 6.01. The van der Waals surface area contributed by atoms with Crippen molar-refractivity contribution < 1.29 is 4.79 Å². The van der Waals surface area contributed by atoms with E-state index in [4.69, 9.17) is 5.73 Å². The molecule has 4 heteroatoms. The Bertz CT molecular complexity index is 566. The molecule has 0 bridgehead atoms. The molecule has 2 aromatic carbocycles. The number of rotatable bonds is 5. The standard InChI is InChI=1S/C17H21N3O/c1-14-8-10-15(11-9-14)19-17(21)20(13-5-12-18)16-6-3-2-4-7-16/h2-4,6-11H,5,12-13,18H2,1H3,(H,19,21). The van der Waals surface area contributed by atoms with Gasteiger partial charge in [-0.15, -0.1) is 0 Å². The first-order valence-corrected chi connectivity index (χ1v) is 7.11. The zero-order valence-electron chi connectivity index (χ0n) is 12.3. The van der Waals surface area contributed by atoms with Crippen molar-refractivity contribution in [3.8, 4) is 0 Å². The van der Waals surface area contributed by atoms with Crippen molar-refractivity contribution in [2.75, 3.05) is 23.3 Å². The lowest BCUT2D eigenvalue weighted by molar-refractivity contribution is 0.257. The lowest BCUT2D eigenvalue weighted by Crippen LogP contribution is -2.36. The predicted molar refractivity (Wildman–Crippen MR) is 87.7 cm³/mol. The molecule has 2 rings (SSSR count). The van der Waals surface area contributed by atoms with Crippen LogP contribution in [0.2, 0.25) is 0 Å². The van der Waals surface area contributed by atoms with E-state index in [0.29, 0.717) is 13.1 Å². The van der Waals surface area contributed by atoms with Crippen molar-refractivity contribution in [1.82, 2.24) is 0 Å². The summed E-state index contributed by atoms with van der Waals surface area (Å²) in [7, 11) is 0. The summed E-state index contributed by atoms with van der Waals surface area (Å²) < 4.78 is 0. The van der Waals surface area contributed by atoms with Gasteiger partial charge in [0.1, 0.15) is 0 Å². The molecule has 2 aromatic rings. The highest BCUT2D eigenvalue weighted by Gasteiger charge is 2.14. The molecule has 0 saturated heterocycles. The van der Waals surface area contributed by atoms with Crippen LogP contribution < -0.4 is 16.0 Å². The van der Waals surface area contributed by atoms with Crippen LogP contribution in [0.4, 0.5) is 16.2 Å². The summed E-state index contributed by atoms with van der Waals surface area (Å²) in [5.41, 5.74) is 8.39. The Morgan fingerprint density at radius 2 is 1.76 bits per heavy atom. The summed E-state index contributed by atoms with van der Waals surface area (Å²) >= 11 is 0. The molecular weight excluding hydrogens is 262 g/mol. The number of amides is 2. The number of aryl methyl sites for hydroxylation is 1. The van der Waals surface area contributed by atoms with Crippen molar-refractivity contribution in [2.45, 2.75) is 13.3 Å². The van der Waals surface area contributed by atoms with Gasteiger partial charge in [0.2, 0.25) is 0 Å². The van der Waals surface area contributed by atoms with Crippen LogP contribution >= 0.6 is 0 Å². The Morgan fingerprint density at radius 3 is 2.38 bits per heavy atom. The minimum Gasteiger partial charge on any atom is -0.330 e. The van der Waals surface area contributed by atoms with E-state index in [-0.39, 0.29) is 6.03 Å². The summed E-state index contributed by atoms with van der Waals surface area (Å²) in [4.78, 5) is 14.2. The maximum atomic E-state index is 12.5. The van der Waals surface area contributed by atoms with E-state index in [1.807, 2.05) is 61.5 Å². The molecule has 0 fully saturated rings. The van der Waals surface area contributed by atoms with Crippen LogP contribution in [0, 0.1) is 6.92 Å². The summed E-state index contributed by atoms with van der Waals surface area (Å²) in [5.74, 6) is 0. The second-order valence-corrected chi connectivity index (χ2v) is 4.93. The molecule has 4 nitrogen and oxygen atoms in total. The number of carbonyl (C=O) groups is 1. The smallest absolute Gasteiger partial charge is 0.326 e. The third-order valence-electron chi connectivity index (χ3n) is 3.20. The molecule has 0 aliphatic heterocycles. The minimum atomic E-state index is -0.140. The normalized spacial score (nSPS) is 10.2. The molecular formula is C17H21N3O. The number of carbonyl (C=O) groups excluding carboxylic acids is 1. The average molecular weight is 283 g/mol. The molecule has 0 unspecified atom stereocenters. The van der Waals surface area contributed by atoms with E-state index in [9.17, 15) is 4.79 Å². The first-order chi connectivity index (χ1) is 10.2. The van der Waals surface area contributed by atoms with E-state index >= 15 is 0 Å². The fourth-order valence-corrected chi connectivity index (χ4v) is 2.03. The molecule has 0 atom stereocenters. The maximum Gasteiger partial charge on any atom is 0.326 e. The molecule has 0 spiro atoms. The maximum absolute atomic E-state index is 12.5. The summed E-state index contributed by atoms with van der Waals surface area (Å²) in [5, 5.41) is 2.92. The first-order valence-electron chi connectivity index (χ1n) is 7.11. The third-order valence-corrected chi connectivity index (χ3v) is 3.20. The Labute approximate surface area is 125 Å². The van der Waals surface area contributed by atoms with Gasteiger partial charge in [-0.2, -0.15) is 0 Å². The van der Waals surface area contributed by atoms with Gasteiger partial charge in [0.05, 0.1) is 0 Å². The quantitative estimate of drug-likeness (QED) is 0.883. The van der Waals surface area contributed by atoms with Gasteiger partial charge in [-0.05, 0) is 44.2 Å². The number of para-hydroxylation sites is 1. The van der Waals surface area contributed by atoms with Crippen LogP contribution in [-0.2, 0) is 0 Å². The molecule has 0 saturated carbocycles. The van der Waals surface area contributed by atoms with Gasteiger partial charge >= 0.3 is 6.03 Å². The highest BCUT2D eigenvalue weighted by atomic mass is 16.2. The van der Waals surface area contributed by atoms with Gasteiger partial charge < -0.3 is 11.1 Å². The van der Waals surface area contributed by atoms with Crippen molar-refractivity contribution in [1.29, 1.82) is 0 Å². The first kappa shape index (κ1) is 15.1. The molecule has 0 aliphatic carbocycles. The number of nitrogens with zero attached hydrogens (tertiary/aromatic N) is 1. The van der Waals surface area contributed by atoms with Gasteiger partial charge in [-0.1, -0.05) is 35.9 Å². The number of nitrogens with two attached hydrogens (primary N) is 1. The van der Waals surface area contributed by atoms with Crippen LogP contribution in [0.25, 0.3) is 0 Å². The van der Waals surface area contributed by atoms with Gasteiger partial charge in [-0.25, -0.2) is 4.79 Å². The summed E-state index contributed by atoms with van der Waals surface area (Å²) in [6, 6.07) is 17.2. The van der Waals surface area contributed by atoms with E-state index in [1.54, 1.807) is 4.90 Å². The van der Waals surface area contributed by atoms with Gasteiger partial charge in [0.15, 0.2) is 0 Å². The largest absolute Gasteiger partial charge is 0.330 e. The lowest BCUT2D eigenvalue weighted by atomic mass is 10.2. The average Bonchev–Trinajstić information content (AvgIpc) is 2.51. The highest BCUT2D eigenvalue weighted by Crippen LogP contribution is 2.16. The van der Waals surface area contributed by atoms with Crippen molar-refractivity contribution >= 4 is 17.4 Å². The minimum absolute atomic E-state index is 0.140. The van der Waals surface area contributed by atoms with E-state index in [2.05, 4.69) is 5.32 Å². The topological polar surface area (TPSA) is 58.4 Å². The van der Waals surface area contributed by atoms with Crippen LogP contribution in [0.15, 0.2) is 54.6 Å². The van der Waals surface area contributed by atoms with E-state index in [1.165, 1.54) is 0 Å². The van der Waals surface area contributed by atoms with Crippen LogP contribution in [-0.4, -0.2) is 19.1 Å². The zero-order valence-corrected chi connectivity index (χ0v) is 12.3. The van der Waals surface area contributed by atoms with E-state index < -0.39 is 0 Å². The second-order valence-electron chi connectivity index (χ2n) is 4.93. The van der Waals surface area contributed by atoms with Crippen LogP contribution in [0.1, 0.15) is 12.0 Å². The zero-order chi connectivity index (χ0) is 15.1.